The summed E-state index contributed by atoms with van der Waals surface area (Å²) in [4.78, 5) is 92.1. The van der Waals surface area contributed by atoms with Crippen molar-refractivity contribution in [3.05, 3.63) is 123 Å². The van der Waals surface area contributed by atoms with E-state index in [1.165, 1.54) is 12.1 Å². The fourth-order valence-electron chi connectivity index (χ4n) is 12.2. The van der Waals surface area contributed by atoms with Crippen LogP contribution in [0, 0.1) is 25.5 Å². The molecule has 0 unspecified atom stereocenters. The molecule has 0 amide bonds. The van der Waals surface area contributed by atoms with Crippen LogP contribution in [0.4, 0.5) is 35.1 Å². The number of aromatic nitrogens is 4. The zero-order valence-corrected chi connectivity index (χ0v) is 47.9. The Labute approximate surface area is 488 Å². The highest BCUT2D eigenvalue weighted by atomic mass is 19.4. The minimum atomic E-state index is -5.08. The molecule has 28 heteroatoms. The van der Waals surface area contributed by atoms with Crippen LogP contribution in [0.15, 0.2) is 33.9 Å². The summed E-state index contributed by atoms with van der Waals surface area (Å²) in [6.07, 6.45) is -7.26. The minimum Gasteiger partial charge on any atom is -0.475 e. The van der Waals surface area contributed by atoms with E-state index in [0.717, 1.165) is 57.0 Å². The van der Waals surface area contributed by atoms with Gasteiger partial charge in [0.25, 0.3) is 11.1 Å². The molecule has 0 radical (unpaired) electrons. The van der Waals surface area contributed by atoms with E-state index in [0.29, 0.717) is 69.9 Å². The summed E-state index contributed by atoms with van der Waals surface area (Å²) in [6, 6.07) is 6.01. The van der Waals surface area contributed by atoms with Crippen LogP contribution in [-0.2, 0) is 88.5 Å². The Balaban J connectivity index is 0.000000172. The third-order valence-corrected chi connectivity index (χ3v) is 16.5. The number of carboxylic acid groups (broad SMARTS) is 2. The largest absolute Gasteiger partial charge is 0.490 e. The molecule has 0 saturated heterocycles. The van der Waals surface area contributed by atoms with Crippen molar-refractivity contribution < 1.29 is 93.7 Å². The molecular formula is C59H58F8N6O14. The molecule has 0 fully saturated rings. The van der Waals surface area contributed by atoms with Crippen molar-refractivity contribution in [2.24, 2.45) is 0 Å². The number of ether oxygens (including phenoxy) is 3. The fraction of sp³-hybridized carbons (Fsp3) is 0.441. The molecule has 2 aliphatic carbocycles. The van der Waals surface area contributed by atoms with Gasteiger partial charge in [-0.1, -0.05) is 13.8 Å². The third kappa shape index (κ3) is 11.0. The number of alkyl halides is 6. The van der Waals surface area contributed by atoms with Gasteiger partial charge in [0.2, 0.25) is 0 Å². The van der Waals surface area contributed by atoms with Crippen molar-refractivity contribution in [2.75, 3.05) is 13.6 Å². The number of halogens is 8. The average Bonchev–Trinajstić information content (AvgIpc) is 1.64. The number of fused-ring (bicyclic) bond motifs is 10. The lowest BCUT2D eigenvalue weighted by Crippen LogP contribution is -2.44. The first-order valence-corrected chi connectivity index (χ1v) is 27.4. The molecule has 6 N–H and O–H groups in total. The van der Waals surface area contributed by atoms with Crippen LogP contribution >= 0.6 is 0 Å². The number of nitrogens with one attached hydrogen (secondary N) is 2. The van der Waals surface area contributed by atoms with Crippen molar-refractivity contribution in [2.45, 2.75) is 155 Å². The number of nitrogens with zero attached hydrogens (tertiary/aromatic N) is 4. The van der Waals surface area contributed by atoms with E-state index in [1.807, 2.05) is 27.8 Å². The predicted octanol–water partition coefficient (Wildman–Crippen LogP) is 7.45. The highest BCUT2D eigenvalue weighted by Crippen LogP contribution is 2.48. The van der Waals surface area contributed by atoms with Gasteiger partial charge in [-0.3, -0.25) is 19.7 Å². The van der Waals surface area contributed by atoms with Crippen molar-refractivity contribution in [1.29, 1.82) is 0 Å². The van der Waals surface area contributed by atoms with Gasteiger partial charge >= 0.3 is 42.2 Å². The standard InChI is InChI=1S/C30H32FN3O6.C25H24FN3O4.2C2HF3O2/c1-6-30(38)18-9-22-26-16(12-34(22)27(36)17(18)13-39-28(30)37)25-20(32-11-23(35)40-29(3,4)5)8-7-15-14(2)19(31)10-21(33-26)24(15)25;1-4-25(32)15-7-19-22-13(9-29(19)23(30)14(15)10-33-24(25)31)21-17(27-3)6-5-12-11(2)16(26)8-18(28-22)20(12)21;2*3-2(4,5)1(6)7/h9-10,20,32,38H,6-8,11-13H2,1-5H3;7-8,17,27,32H,4-6,9-10H2,1-3H3;2*(H,6,7)/t20-,30-;17-,25-;;/m00../s1. The summed E-state index contributed by atoms with van der Waals surface area (Å²) in [6.45, 7) is 12.5. The zero-order chi connectivity index (χ0) is 64.1. The number of hydrogen-bond acceptors (Lipinski definition) is 16. The van der Waals surface area contributed by atoms with E-state index in [9.17, 15) is 64.9 Å². The van der Waals surface area contributed by atoms with Gasteiger partial charge in [0.05, 0.1) is 64.6 Å². The van der Waals surface area contributed by atoms with Gasteiger partial charge in [-0.15, -0.1) is 0 Å². The average molecular weight is 1230 g/mol. The van der Waals surface area contributed by atoms with E-state index in [4.69, 9.17) is 44.0 Å². The molecular weight excluding hydrogens is 1170 g/mol. The molecule has 4 aromatic heterocycles. The summed E-state index contributed by atoms with van der Waals surface area (Å²) < 4.78 is 112. The number of aliphatic hydroxyl groups is 2. The predicted molar refractivity (Wildman–Crippen MR) is 291 cm³/mol. The maximum atomic E-state index is 15.0. The normalized spacial score (nSPS) is 20.1. The number of esters is 3. The number of carbonyl (C=O) groups excluding carboxylic acids is 3. The number of carbonyl (C=O) groups is 5. The second kappa shape index (κ2) is 22.5. The van der Waals surface area contributed by atoms with Gasteiger partial charge in [-0.05, 0) is 126 Å². The molecule has 8 heterocycles. The van der Waals surface area contributed by atoms with Gasteiger partial charge in [0, 0.05) is 57.2 Å². The number of carboxylic acids is 2. The Hall–Kier alpha value is -8.21. The zero-order valence-electron chi connectivity index (χ0n) is 47.9. The van der Waals surface area contributed by atoms with Gasteiger partial charge in [0.1, 0.15) is 30.4 Å². The Morgan fingerprint density at radius 2 is 1.03 bits per heavy atom. The van der Waals surface area contributed by atoms with E-state index in [1.54, 1.807) is 49.0 Å². The van der Waals surface area contributed by atoms with Crippen LogP contribution in [0.5, 0.6) is 0 Å². The first kappa shape index (κ1) is 63.3. The smallest absolute Gasteiger partial charge is 0.475 e. The highest BCUT2D eigenvalue weighted by molar-refractivity contribution is 5.95. The Morgan fingerprint density at radius 1 is 0.655 bits per heavy atom. The maximum Gasteiger partial charge on any atom is 0.490 e. The topological polar surface area (TPSA) is 288 Å². The monoisotopic (exact) mass is 1230 g/mol. The lowest BCUT2D eigenvalue weighted by atomic mass is 9.81. The number of aliphatic carboxylic acids is 2. The third-order valence-electron chi connectivity index (χ3n) is 16.5. The molecule has 0 saturated carbocycles. The van der Waals surface area contributed by atoms with Crippen molar-refractivity contribution >= 4 is 51.7 Å². The molecule has 0 bridgehead atoms. The number of pyridine rings is 4. The Morgan fingerprint density at radius 3 is 1.39 bits per heavy atom. The first-order chi connectivity index (χ1) is 40.5. The van der Waals surface area contributed by atoms with E-state index >= 15 is 4.39 Å². The van der Waals surface area contributed by atoms with Crippen LogP contribution in [0.3, 0.4) is 0 Å². The molecule has 464 valence electrons. The number of cyclic esters (lactones) is 2. The molecule has 87 heavy (non-hydrogen) atoms. The summed E-state index contributed by atoms with van der Waals surface area (Å²) in [5, 5.41) is 45.0. The molecule has 12 rings (SSSR count). The molecule has 20 nitrogen and oxygen atoms in total. The molecule has 4 aliphatic heterocycles. The fourth-order valence-corrected chi connectivity index (χ4v) is 12.2. The summed E-state index contributed by atoms with van der Waals surface area (Å²) >= 11 is 0. The minimum absolute atomic E-state index is 0.0137. The lowest BCUT2D eigenvalue weighted by Gasteiger charge is -2.31. The molecule has 0 spiro atoms. The summed E-state index contributed by atoms with van der Waals surface area (Å²) in [5.41, 5.74) is 5.78. The van der Waals surface area contributed by atoms with E-state index in [-0.39, 0.29) is 96.6 Å². The number of rotatable bonds is 6. The van der Waals surface area contributed by atoms with Crippen LogP contribution in [-0.4, -0.2) is 101 Å². The quantitative estimate of drug-likeness (QED) is 0.0535. The van der Waals surface area contributed by atoms with Crippen LogP contribution in [0.1, 0.15) is 139 Å². The molecule has 4 atom stereocenters. The summed E-state index contributed by atoms with van der Waals surface area (Å²) in [5.74, 6) is -8.08. The first-order valence-electron chi connectivity index (χ1n) is 27.4. The lowest BCUT2D eigenvalue weighted by molar-refractivity contribution is -0.193. The highest BCUT2D eigenvalue weighted by Gasteiger charge is 2.48. The SMILES string of the molecule is CC[C@@]1(O)C(=O)OCc2c1cc1n(c2=O)Cc2c-1nc1cc(F)c(C)c3c1c2[C@@H](NC)CC3.CC[C@@]1(O)C(=O)OCc2c1cc1n(c2=O)Cc2c-1nc1cc(F)c(C)c3c1c2[C@@H](NCC(=O)OC(C)(C)C)CC3.O=C(O)C(F)(F)F.O=C(O)C(F)(F)F. The van der Waals surface area contributed by atoms with Crippen molar-refractivity contribution in [3.8, 4) is 22.8 Å². The van der Waals surface area contributed by atoms with Gasteiger partial charge in [-0.2, -0.15) is 26.3 Å². The van der Waals surface area contributed by atoms with E-state index in [2.05, 4.69) is 10.6 Å². The molecule has 6 aliphatic rings. The van der Waals surface area contributed by atoms with Gasteiger partial charge in [-0.25, -0.2) is 37.9 Å². The maximum absolute atomic E-state index is 15.0. The van der Waals surface area contributed by atoms with Crippen LogP contribution in [0.25, 0.3) is 44.6 Å². The van der Waals surface area contributed by atoms with Gasteiger partial charge < -0.3 is 49.1 Å². The van der Waals surface area contributed by atoms with Crippen LogP contribution in [0.2, 0.25) is 0 Å². The van der Waals surface area contributed by atoms with Gasteiger partial charge in [0.15, 0.2) is 11.2 Å². The molecule has 6 aromatic rings. The second-order valence-corrected chi connectivity index (χ2v) is 22.7. The molecule has 2 aromatic carbocycles. The second-order valence-electron chi connectivity index (χ2n) is 22.7. The number of hydrogen-bond donors (Lipinski definition) is 6. The van der Waals surface area contributed by atoms with Crippen molar-refractivity contribution in [3.63, 3.8) is 0 Å². The Bertz CT molecular complexity index is 4050. The summed E-state index contributed by atoms with van der Waals surface area (Å²) in [7, 11) is 1.90. The van der Waals surface area contributed by atoms with Crippen molar-refractivity contribution in [1.82, 2.24) is 29.7 Å². The number of benzene rings is 2. The van der Waals surface area contributed by atoms with E-state index < -0.39 is 53.0 Å². The number of aryl methyl sites for hydroxylation is 2. The Kier molecular flexibility index (Phi) is 16.4. The van der Waals surface area contributed by atoms with Crippen LogP contribution < -0.4 is 21.8 Å².